The quantitative estimate of drug-likeness (QED) is 0.622. The van der Waals surface area contributed by atoms with Crippen molar-refractivity contribution in [1.29, 1.82) is 0 Å². The van der Waals surface area contributed by atoms with Crippen molar-refractivity contribution in [2.45, 2.75) is 13.0 Å². The van der Waals surface area contributed by atoms with E-state index in [9.17, 15) is 4.79 Å². The topological polar surface area (TPSA) is 54.3 Å². The molecule has 0 unspecified atom stereocenters. The van der Waals surface area contributed by atoms with Crippen LogP contribution in [0.2, 0.25) is 0 Å². The second-order valence-corrected chi connectivity index (χ2v) is 3.81. The number of hydroxylamine groups is 1. The van der Waals surface area contributed by atoms with Gasteiger partial charge in [-0.15, -0.1) is 0 Å². The summed E-state index contributed by atoms with van der Waals surface area (Å²) in [7, 11) is 0. The molecule has 0 spiro atoms. The maximum Gasteiger partial charge on any atom is 0.274 e. The number of carbonyl (C=O) groups is 1. The first-order chi connectivity index (χ1) is 8.29. The number of rotatable bonds is 4. The van der Waals surface area contributed by atoms with Crippen molar-refractivity contribution in [3.63, 3.8) is 0 Å². The predicted octanol–water partition coefficient (Wildman–Crippen LogP) is 1.85. The standard InChI is InChI=1S/C13H14N2O2/c16-13(14-17)12-5-3-11(4-6-12)7-10-15-8-1-2-9-15/h1-6,8-9,17H,7,10H2,(H,14,16). The molecule has 0 fully saturated rings. The van der Waals surface area contributed by atoms with Gasteiger partial charge in [-0.3, -0.25) is 10.0 Å². The van der Waals surface area contributed by atoms with Gasteiger partial charge < -0.3 is 4.57 Å². The lowest BCUT2D eigenvalue weighted by atomic mass is 10.1. The summed E-state index contributed by atoms with van der Waals surface area (Å²) in [6.45, 7) is 0.915. The van der Waals surface area contributed by atoms with Gasteiger partial charge in [-0.05, 0) is 36.2 Å². The van der Waals surface area contributed by atoms with Crippen molar-refractivity contribution in [3.05, 3.63) is 59.9 Å². The summed E-state index contributed by atoms with van der Waals surface area (Å²) in [6.07, 6.45) is 4.96. The summed E-state index contributed by atoms with van der Waals surface area (Å²) in [4.78, 5) is 11.1. The SMILES string of the molecule is O=C(NO)c1ccc(CCn2cccc2)cc1. The van der Waals surface area contributed by atoms with Crippen molar-refractivity contribution in [1.82, 2.24) is 10.0 Å². The smallest absolute Gasteiger partial charge is 0.274 e. The van der Waals surface area contributed by atoms with Gasteiger partial charge in [-0.25, -0.2) is 5.48 Å². The fourth-order valence-electron chi connectivity index (χ4n) is 1.66. The van der Waals surface area contributed by atoms with Gasteiger partial charge in [0.2, 0.25) is 0 Å². The highest BCUT2D eigenvalue weighted by Gasteiger charge is 2.02. The molecule has 0 atom stereocenters. The highest BCUT2D eigenvalue weighted by Crippen LogP contribution is 2.06. The lowest BCUT2D eigenvalue weighted by Gasteiger charge is -2.04. The van der Waals surface area contributed by atoms with Crippen LogP contribution in [-0.2, 0) is 13.0 Å². The van der Waals surface area contributed by atoms with Crippen LogP contribution in [0, 0.1) is 0 Å². The van der Waals surface area contributed by atoms with Gasteiger partial charge in [-0.2, -0.15) is 0 Å². The summed E-state index contributed by atoms with van der Waals surface area (Å²) in [5.41, 5.74) is 3.23. The molecule has 2 N–H and O–H groups in total. The first kappa shape index (κ1) is 11.4. The Morgan fingerprint density at radius 3 is 2.41 bits per heavy atom. The molecule has 1 aromatic heterocycles. The molecule has 88 valence electrons. The molecule has 0 aliphatic carbocycles. The second kappa shape index (κ2) is 5.32. The number of hydrogen-bond donors (Lipinski definition) is 2. The minimum absolute atomic E-state index is 0.456. The average molecular weight is 230 g/mol. The summed E-state index contributed by atoms with van der Waals surface area (Å²) in [5.74, 6) is -0.484. The Morgan fingerprint density at radius 1 is 1.18 bits per heavy atom. The minimum Gasteiger partial charge on any atom is -0.354 e. The van der Waals surface area contributed by atoms with E-state index in [2.05, 4.69) is 4.57 Å². The van der Waals surface area contributed by atoms with E-state index in [0.717, 1.165) is 18.5 Å². The Labute approximate surface area is 99.5 Å². The second-order valence-electron chi connectivity index (χ2n) is 3.81. The van der Waals surface area contributed by atoms with Gasteiger partial charge in [0.15, 0.2) is 0 Å². The van der Waals surface area contributed by atoms with E-state index in [1.807, 2.05) is 36.7 Å². The lowest BCUT2D eigenvalue weighted by molar-refractivity contribution is 0.0706. The largest absolute Gasteiger partial charge is 0.354 e. The normalized spacial score (nSPS) is 10.2. The number of nitrogens with zero attached hydrogens (tertiary/aromatic N) is 1. The maximum absolute atomic E-state index is 11.1. The van der Waals surface area contributed by atoms with Crippen molar-refractivity contribution in [2.75, 3.05) is 0 Å². The van der Waals surface area contributed by atoms with Crippen LogP contribution in [-0.4, -0.2) is 15.7 Å². The van der Waals surface area contributed by atoms with Crippen LogP contribution in [0.4, 0.5) is 0 Å². The number of amides is 1. The van der Waals surface area contributed by atoms with E-state index < -0.39 is 5.91 Å². The molecule has 17 heavy (non-hydrogen) atoms. The summed E-state index contributed by atoms with van der Waals surface area (Å²) in [5, 5.41) is 8.48. The molecule has 1 amide bonds. The fourth-order valence-corrected chi connectivity index (χ4v) is 1.66. The van der Waals surface area contributed by atoms with Crippen molar-refractivity contribution in [2.24, 2.45) is 0 Å². The monoisotopic (exact) mass is 230 g/mol. The minimum atomic E-state index is -0.484. The third-order valence-corrected chi connectivity index (χ3v) is 2.64. The van der Waals surface area contributed by atoms with E-state index in [4.69, 9.17) is 5.21 Å². The van der Waals surface area contributed by atoms with Gasteiger partial charge in [0.1, 0.15) is 0 Å². The van der Waals surface area contributed by atoms with Crippen LogP contribution in [0.1, 0.15) is 15.9 Å². The van der Waals surface area contributed by atoms with E-state index in [1.54, 1.807) is 17.6 Å². The molecule has 2 rings (SSSR count). The molecule has 2 aromatic rings. The number of carbonyl (C=O) groups excluding carboxylic acids is 1. The predicted molar refractivity (Wildman–Crippen MR) is 63.8 cm³/mol. The number of hydrogen-bond acceptors (Lipinski definition) is 2. The molecule has 4 heteroatoms. The molecule has 4 nitrogen and oxygen atoms in total. The third kappa shape index (κ3) is 2.95. The Balaban J connectivity index is 1.96. The van der Waals surface area contributed by atoms with Gasteiger partial charge in [-0.1, -0.05) is 12.1 Å². The molecule has 1 heterocycles. The highest BCUT2D eigenvalue weighted by molar-refractivity contribution is 5.93. The zero-order chi connectivity index (χ0) is 12.1. The van der Waals surface area contributed by atoms with Crippen LogP contribution < -0.4 is 5.48 Å². The first-order valence-electron chi connectivity index (χ1n) is 5.44. The summed E-state index contributed by atoms with van der Waals surface area (Å²) in [6, 6.07) is 11.2. The van der Waals surface area contributed by atoms with Crippen LogP contribution in [0.15, 0.2) is 48.8 Å². The van der Waals surface area contributed by atoms with E-state index in [-0.39, 0.29) is 0 Å². The molecule has 0 aliphatic heterocycles. The summed E-state index contributed by atoms with van der Waals surface area (Å²) >= 11 is 0. The van der Waals surface area contributed by atoms with E-state index >= 15 is 0 Å². The summed E-state index contributed by atoms with van der Waals surface area (Å²) < 4.78 is 2.11. The van der Waals surface area contributed by atoms with Gasteiger partial charge >= 0.3 is 0 Å². The number of aryl methyl sites for hydroxylation is 2. The zero-order valence-electron chi connectivity index (χ0n) is 9.34. The van der Waals surface area contributed by atoms with E-state index in [1.165, 1.54) is 0 Å². The van der Waals surface area contributed by atoms with Crippen molar-refractivity contribution >= 4 is 5.91 Å². The molecule has 0 saturated carbocycles. The Hall–Kier alpha value is -2.07. The maximum atomic E-state index is 11.1. The van der Waals surface area contributed by atoms with Crippen LogP contribution in [0.3, 0.4) is 0 Å². The van der Waals surface area contributed by atoms with Crippen LogP contribution in [0.25, 0.3) is 0 Å². The van der Waals surface area contributed by atoms with Gasteiger partial charge in [0.25, 0.3) is 5.91 Å². The molecule has 0 saturated heterocycles. The Kier molecular flexibility index (Phi) is 3.57. The molecule has 1 aromatic carbocycles. The fraction of sp³-hybridized carbons (Fsp3) is 0.154. The van der Waals surface area contributed by atoms with Crippen molar-refractivity contribution < 1.29 is 10.0 Å². The highest BCUT2D eigenvalue weighted by atomic mass is 16.5. The average Bonchev–Trinajstić information content (AvgIpc) is 2.89. The van der Waals surface area contributed by atoms with Gasteiger partial charge in [0.05, 0.1) is 0 Å². The lowest BCUT2D eigenvalue weighted by Crippen LogP contribution is -2.18. The number of aromatic nitrogens is 1. The molecule has 0 aliphatic rings. The zero-order valence-corrected chi connectivity index (χ0v) is 9.34. The molecular formula is C13H14N2O2. The van der Waals surface area contributed by atoms with Crippen LogP contribution >= 0.6 is 0 Å². The van der Waals surface area contributed by atoms with Gasteiger partial charge in [0, 0.05) is 24.5 Å². The first-order valence-corrected chi connectivity index (χ1v) is 5.44. The Bertz CT molecular complexity index is 475. The number of benzene rings is 1. The molecule has 0 radical (unpaired) electrons. The Morgan fingerprint density at radius 2 is 1.82 bits per heavy atom. The third-order valence-electron chi connectivity index (χ3n) is 2.64. The number of nitrogens with one attached hydrogen (secondary N) is 1. The molecule has 0 bridgehead atoms. The molecular weight excluding hydrogens is 216 g/mol. The van der Waals surface area contributed by atoms with Crippen LogP contribution in [0.5, 0.6) is 0 Å². The van der Waals surface area contributed by atoms with Crippen molar-refractivity contribution in [3.8, 4) is 0 Å². The van der Waals surface area contributed by atoms with E-state index in [0.29, 0.717) is 5.56 Å².